The molecule has 1 saturated heterocycles. The van der Waals surface area contributed by atoms with Crippen LogP contribution in [0.3, 0.4) is 0 Å². The molecule has 27 heavy (non-hydrogen) atoms. The van der Waals surface area contributed by atoms with E-state index in [0.29, 0.717) is 5.95 Å². The van der Waals surface area contributed by atoms with Crippen molar-refractivity contribution >= 4 is 11.6 Å². The second-order valence-corrected chi connectivity index (χ2v) is 7.68. The van der Waals surface area contributed by atoms with Crippen LogP contribution in [0.15, 0.2) is 30.7 Å². The maximum atomic E-state index is 6.26. The first-order valence-electron chi connectivity index (χ1n) is 9.54. The highest BCUT2D eigenvalue weighted by molar-refractivity contribution is 5.41. The molecule has 3 aromatic heterocycles. The molecular weight excluding hydrogens is 340 g/mol. The molecule has 2 N–H and O–H groups in total. The first kappa shape index (κ1) is 16.6. The minimum Gasteiger partial charge on any atom is -0.368 e. The molecular formula is C20H24N6O. The predicted molar refractivity (Wildman–Crippen MR) is 102 cm³/mol. The first-order valence-corrected chi connectivity index (χ1v) is 9.54. The molecule has 2 aliphatic heterocycles. The molecule has 0 saturated carbocycles. The molecule has 0 aliphatic carbocycles. The summed E-state index contributed by atoms with van der Waals surface area (Å²) in [5.74, 6) is 0.334. The topological polar surface area (TPSA) is 81.6 Å². The normalized spacial score (nSPS) is 19.4. The number of fused-ring (bicyclic) bond motifs is 3. The Morgan fingerprint density at radius 2 is 2.04 bits per heavy atom. The van der Waals surface area contributed by atoms with E-state index in [4.69, 9.17) is 15.5 Å². The van der Waals surface area contributed by atoms with Gasteiger partial charge in [-0.2, -0.15) is 0 Å². The number of nitrogens with zero attached hydrogens (tertiary/aromatic N) is 5. The van der Waals surface area contributed by atoms with Crippen LogP contribution in [0.2, 0.25) is 0 Å². The van der Waals surface area contributed by atoms with Gasteiger partial charge in [0.2, 0.25) is 5.95 Å². The molecule has 1 spiro atoms. The zero-order valence-electron chi connectivity index (χ0n) is 15.6. The standard InChI is InChI=1S/C20H24N6O/c1-14-2-3-17-23-16(13-26(17)11-14)12-25-7-5-20(6-8-25)18-15(4-9-27-20)10-22-19(21)24-18/h2-3,10-11,13H,4-9,12H2,1H3,(H2,21,22,24). The van der Waals surface area contributed by atoms with Gasteiger partial charge in [-0.3, -0.25) is 4.90 Å². The molecule has 0 atom stereocenters. The monoisotopic (exact) mass is 364 g/mol. The molecule has 5 rings (SSSR count). The number of anilines is 1. The number of hydrogen-bond donors (Lipinski definition) is 1. The fourth-order valence-corrected chi connectivity index (χ4v) is 4.34. The Morgan fingerprint density at radius 1 is 1.19 bits per heavy atom. The van der Waals surface area contributed by atoms with Crippen LogP contribution < -0.4 is 5.73 Å². The molecule has 2 aliphatic rings. The zero-order valence-corrected chi connectivity index (χ0v) is 15.6. The minimum atomic E-state index is -0.308. The Bertz CT molecular complexity index is 989. The molecule has 7 heteroatoms. The summed E-state index contributed by atoms with van der Waals surface area (Å²) >= 11 is 0. The second kappa shape index (κ2) is 6.28. The number of pyridine rings is 1. The van der Waals surface area contributed by atoms with Crippen LogP contribution in [0.5, 0.6) is 0 Å². The SMILES string of the molecule is Cc1ccc2nc(CN3CCC4(CC3)OCCc3cnc(N)nc34)cn2c1. The number of aromatic nitrogens is 4. The van der Waals surface area contributed by atoms with Crippen LogP contribution in [0, 0.1) is 6.92 Å². The van der Waals surface area contributed by atoms with Crippen LogP contribution in [0.4, 0.5) is 5.95 Å². The maximum absolute atomic E-state index is 6.26. The molecule has 5 heterocycles. The number of nitrogens with two attached hydrogens (primary N) is 1. The number of nitrogen functional groups attached to an aromatic ring is 1. The quantitative estimate of drug-likeness (QED) is 0.750. The van der Waals surface area contributed by atoms with Gasteiger partial charge in [-0.1, -0.05) is 6.07 Å². The summed E-state index contributed by atoms with van der Waals surface area (Å²) < 4.78 is 8.36. The molecule has 0 aromatic carbocycles. The summed E-state index contributed by atoms with van der Waals surface area (Å²) in [5.41, 5.74) is 11.1. The number of likely N-dealkylation sites (tertiary alicyclic amines) is 1. The van der Waals surface area contributed by atoms with E-state index < -0.39 is 0 Å². The highest BCUT2D eigenvalue weighted by atomic mass is 16.5. The Morgan fingerprint density at radius 3 is 2.89 bits per heavy atom. The third kappa shape index (κ3) is 2.96. The van der Waals surface area contributed by atoms with E-state index >= 15 is 0 Å². The molecule has 0 radical (unpaired) electrons. The summed E-state index contributed by atoms with van der Waals surface area (Å²) in [4.78, 5) is 15.9. The fourth-order valence-electron chi connectivity index (χ4n) is 4.34. The molecule has 0 amide bonds. The molecule has 140 valence electrons. The number of aryl methyl sites for hydroxylation is 1. The Balaban J connectivity index is 1.32. The Hall–Kier alpha value is -2.51. The number of hydrogen-bond acceptors (Lipinski definition) is 6. The number of rotatable bonds is 2. The van der Waals surface area contributed by atoms with Gasteiger partial charge in [0.25, 0.3) is 0 Å². The highest BCUT2D eigenvalue weighted by Crippen LogP contribution is 2.40. The fraction of sp³-hybridized carbons (Fsp3) is 0.450. The third-order valence-corrected chi connectivity index (χ3v) is 5.76. The first-order chi connectivity index (χ1) is 13.1. The van der Waals surface area contributed by atoms with Crippen molar-refractivity contribution < 1.29 is 4.74 Å². The van der Waals surface area contributed by atoms with Crippen LogP contribution in [0.1, 0.15) is 35.4 Å². The summed E-state index contributed by atoms with van der Waals surface area (Å²) in [5, 5.41) is 0. The largest absolute Gasteiger partial charge is 0.368 e. The second-order valence-electron chi connectivity index (χ2n) is 7.68. The van der Waals surface area contributed by atoms with Crippen LogP contribution in [-0.4, -0.2) is 43.9 Å². The van der Waals surface area contributed by atoms with Gasteiger partial charge < -0.3 is 14.9 Å². The predicted octanol–water partition coefficient (Wildman–Crippen LogP) is 2.08. The summed E-state index contributed by atoms with van der Waals surface area (Å²) in [6.07, 6.45) is 8.82. The van der Waals surface area contributed by atoms with Gasteiger partial charge >= 0.3 is 0 Å². The van der Waals surface area contributed by atoms with Gasteiger partial charge in [-0.15, -0.1) is 0 Å². The van der Waals surface area contributed by atoms with Gasteiger partial charge in [-0.05, 0) is 43.4 Å². The molecule has 0 unspecified atom stereocenters. The summed E-state index contributed by atoms with van der Waals surface area (Å²) in [7, 11) is 0. The molecule has 7 nitrogen and oxygen atoms in total. The molecule has 3 aromatic rings. The van der Waals surface area contributed by atoms with Crippen LogP contribution in [-0.2, 0) is 23.3 Å². The molecule has 1 fully saturated rings. The lowest BCUT2D eigenvalue weighted by atomic mass is 9.83. The van der Waals surface area contributed by atoms with Gasteiger partial charge in [0.1, 0.15) is 11.2 Å². The van der Waals surface area contributed by atoms with E-state index in [1.807, 2.05) is 6.20 Å². The van der Waals surface area contributed by atoms with Crippen LogP contribution >= 0.6 is 0 Å². The van der Waals surface area contributed by atoms with Gasteiger partial charge in [0.15, 0.2) is 0 Å². The summed E-state index contributed by atoms with van der Waals surface area (Å²) in [6.45, 7) is 5.59. The Kier molecular flexibility index (Phi) is 3.87. The molecule has 0 bridgehead atoms. The average molecular weight is 364 g/mol. The van der Waals surface area contributed by atoms with E-state index in [1.54, 1.807) is 0 Å². The summed E-state index contributed by atoms with van der Waals surface area (Å²) in [6, 6.07) is 4.17. The van der Waals surface area contributed by atoms with Gasteiger partial charge in [0.05, 0.1) is 18.0 Å². The lowest BCUT2D eigenvalue weighted by Gasteiger charge is -2.43. The van der Waals surface area contributed by atoms with E-state index in [9.17, 15) is 0 Å². The lowest BCUT2D eigenvalue weighted by Crippen LogP contribution is -2.47. The van der Waals surface area contributed by atoms with Crippen molar-refractivity contribution in [3.05, 3.63) is 53.2 Å². The highest BCUT2D eigenvalue weighted by Gasteiger charge is 2.42. The zero-order chi connectivity index (χ0) is 18.4. The number of ether oxygens (including phenoxy) is 1. The van der Waals surface area contributed by atoms with Crippen molar-refractivity contribution in [1.29, 1.82) is 0 Å². The third-order valence-electron chi connectivity index (χ3n) is 5.76. The minimum absolute atomic E-state index is 0.308. The van der Waals surface area contributed by atoms with Crippen molar-refractivity contribution in [3.63, 3.8) is 0 Å². The van der Waals surface area contributed by atoms with Gasteiger partial charge in [0, 0.05) is 38.2 Å². The van der Waals surface area contributed by atoms with Crippen molar-refractivity contribution in [2.24, 2.45) is 0 Å². The van der Waals surface area contributed by atoms with Crippen molar-refractivity contribution in [1.82, 2.24) is 24.3 Å². The van der Waals surface area contributed by atoms with Crippen molar-refractivity contribution in [3.8, 4) is 0 Å². The number of imidazole rings is 1. The van der Waals surface area contributed by atoms with E-state index in [-0.39, 0.29) is 5.60 Å². The van der Waals surface area contributed by atoms with Crippen molar-refractivity contribution in [2.75, 3.05) is 25.4 Å². The maximum Gasteiger partial charge on any atom is 0.220 e. The van der Waals surface area contributed by atoms with Gasteiger partial charge in [-0.25, -0.2) is 15.0 Å². The smallest absolute Gasteiger partial charge is 0.220 e. The lowest BCUT2D eigenvalue weighted by molar-refractivity contribution is -0.102. The average Bonchev–Trinajstić information content (AvgIpc) is 3.06. The van der Waals surface area contributed by atoms with E-state index in [2.05, 4.69) is 50.7 Å². The number of piperidine rings is 1. The Labute approximate surface area is 158 Å². The van der Waals surface area contributed by atoms with Crippen molar-refractivity contribution in [2.45, 2.75) is 38.3 Å². The van der Waals surface area contributed by atoms with E-state index in [0.717, 1.165) is 62.5 Å². The van der Waals surface area contributed by atoms with E-state index in [1.165, 1.54) is 11.1 Å². The van der Waals surface area contributed by atoms with Crippen LogP contribution in [0.25, 0.3) is 5.65 Å².